The van der Waals surface area contributed by atoms with E-state index in [1.165, 1.54) is 0 Å². The Morgan fingerprint density at radius 2 is 2.08 bits per heavy atom. The topological polar surface area (TPSA) is 85.2 Å². The van der Waals surface area contributed by atoms with E-state index >= 15 is 0 Å². The fraction of sp³-hybridized carbons (Fsp3) is 0.529. The molecule has 138 valence electrons. The first-order valence-electron chi connectivity index (χ1n) is 8.81. The van der Waals surface area contributed by atoms with E-state index in [0.717, 1.165) is 44.1 Å². The van der Waals surface area contributed by atoms with Crippen molar-refractivity contribution in [3.63, 3.8) is 0 Å². The van der Waals surface area contributed by atoms with Gasteiger partial charge in [0.2, 0.25) is 11.9 Å². The molecule has 1 fully saturated rings. The van der Waals surface area contributed by atoms with Crippen LogP contribution in [0.2, 0.25) is 0 Å². The zero-order chi connectivity index (χ0) is 17.9. The summed E-state index contributed by atoms with van der Waals surface area (Å²) in [6.45, 7) is 3.06. The number of hydrogen-bond donors (Lipinski definition) is 1. The lowest BCUT2D eigenvalue weighted by Gasteiger charge is -2.33. The first-order chi connectivity index (χ1) is 12.7. The van der Waals surface area contributed by atoms with Gasteiger partial charge in [-0.1, -0.05) is 0 Å². The molecule has 1 atom stereocenters. The third kappa shape index (κ3) is 3.52. The SMILES string of the molecule is O=C(NCC1CCOCC1)[C@@H]1CN(c2ncc(F)cn2)Cc2ccnn21. The zero-order valence-corrected chi connectivity index (χ0v) is 14.3. The number of amides is 1. The average molecular weight is 360 g/mol. The van der Waals surface area contributed by atoms with Gasteiger partial charge in [-0.15, -0.1) is 0 Å². The van der Waals surface area contributed by atoms with Crippen LogP contribution in [-0.2, 0) is 16.1 Å². The molecule has 4 rings (SSSR count). The Morgan fingerprint density at radius 3 is 2.85 bits per heavy atom. The van der Waals surface area contributed by atoms with Crippen molar-refractivity contribution in [2.75, 3.05) is 31.2 Å². The second-order valence-electron chi connectivity index (χ2n) is 6.67. The van der Waals surface area contributed by atoms with E-state index in [4.69, 9.17) is 4.74 Å². The molecule has 0 saturated carbocycles. The molecular formula is C17H21FN6O2. The second kappa shape index (κ2) is 7.36. The van der Waals surface area contributed by atoms with Gasteiger partial charge in [0.1, 0.15) is 6.04 Å². The number of rotatable bonds is 4. The van der Waals surface area contributed by atoms with E-state index in [9.17, 15) is 9.18 Å². The summed E-state index contributed by atoms with van der Waals surface area (Å²) in [7, 11) is 0. The highest BCUT2D eigenvalue weighted by molar-refractivity contribution is 5.81. The summed E-state index contributed by atoms with van der Waals surface area (Å²) in [5, 5.41) is 7.36. The minimum Gasteiger partial charge on any atom is -0.381 e. The molecule has 1 N–H and O–H groups in total. The van der Waals surface area contributed by atoms with Crippen LogP contribution in [-0.4, -0.2) is 52.0 Å². The maximum absolute atomic E-state index is 13.1. The monoisotopic (exact) mass is 360 g/mol. The quantitative estimate of drug-likeness (QED) is 0.873. The molecule has 4 heterocycles. The standard InChI is InChI=1S/C17H21FN6O2/c18-13-8-20-17(21-9-13)23-10-14-1-4-22-24(14)15(11-23)16(25)19-7-12-2-5-26-6-3-12/h1,4,8-9,12,15H,2-3,5-7,10-11H2,(H,19,25)/t15-/m0/s1. The highest BCUT2D eigenvalue weighted by atomic mass is 19.1. The van der Waals surface area contributed by atoms with Gasteiger partial charge in [0.15, 0.2) is 5.82 Å². The van der Waals surface area contributed by atoms with Crippen molar-refractivity contribution in [3.05, 3.63) is 36.2 Å². The summed E-state index contributed by atoms with van der Waals surface area (Å²) < 4.78 is 20.2. The number of hydrogen-bond acceptors (Lipinski definition) is 6. The van der Waals surface area contributed by atoms with E-state index in [1.54, 1.807) is 10.9 Å². The summed E-state index contributed by atoms with van der Waals surface area (Å²) in [6.07, 6.45) is 5.88. The van der Waals surface area contributed by atoms with Crippen LogP contribution in [0.25, 0.3) is 0 Å². The van der Waals surface area contributed by atoms with Crippen molar-refractivity contribution in [3.8, 4) is 0 Å². The van der Waals surface area contributed by atoms with Crippen LogP contribution >= 0.6 is 0 Å². The summed E-state index contributed by atoms with van der Waals surface area (Å²) in [6, 6.07) is 1.40. The van der Waals surface area contributed by atoms with Gasteiger partial charge >= 0.3 is 0 Å². The normalized spacial score (nSPS) is 20.7. The summed E-state index contributed by atoms with van der Waals surface area (Å²) in [5.41, 5.74) is 0.899. The van der Waals surface area contributed by atoms with Crippen molar-refractivity contribution >= 4 is 11.9 Å². The van der Waals surface area contributed by atoms with E-state index in [1.807, 2.05) is 11.0 Å². The third-order valence-corrected chi connectivity index (χ3v) is 4.89. The molecule has 2 aliphatic heterocycles. The third-order valence-electron chi connectivity index (χ3n) is 4.89. The highest BCUT2D eigenvalue weighted by Gasteiger charge is 2.32. The second-order valence-corrected chi connectivity index (χ2v) is 6.67. The Bertz CT molecular complexity index is 759. The number of nitrogens with one attached hydrogen (secondary N) is 1. The molecule has 0 radical (unpaired) electrons. The van der Waals surface area contributed by atoms with Crippen molar-refractivity contribution in [2.24, 2.45) is 5.92 Å². The van der Waals surface area contributed by atoms with Crippen LogP contribution in [0.1, 0.15) is 24.6 Å². The number of fused-ring (bicyclic) bond motifs is 1. The number of aromatic nitrogens is 4. The van der Waals surface area contributed by atoms with Gasteiger partial charge in [-0.3, -0.25) is 9.48 Å². The van der Waals surface area contributed by atoms with Crippen LogP contribution < -0.4 is 10.2 Å². The Hall–Kier alpha value is -2.55. The molecule has 2 aromatic rings. The molecule has 2 aromatic heterocycles. The van der Waals surface area contributed by atoms with Crippen LogP contribution in [0.15, 0.2) is 24.7 Å². The Kier molecular flexibility index (Phi) is 4.79. The molecular weight excluding hydrogens is 339 g/mol. The summed E-state index contributed by atoms with van der Waals surface area (Å²) >= 11 is 0. The van der Waals surface area contributed by atoms with Crippen molar-refractivity contribution in [1.82, 2.24) is 25.1 Å². The number of nitrogens with zero attached hydrogens (tertiary/aromatic N) is 5. The predicted octanol–water partition coefficient (Wildman–Crippen LogP) is 0.916. The van der Waals surface area contributed by atoms with Gasteiger partial charge in [-0.05, 0) is 24.8 Å². The molecule has 9 heteroatoms. The molecule has 2 aliphatic rings. The Morgan fingerprint density at radius 1 is 1.31 bits per heavy atom. The smallest absolute Gasteiger partial charge is 0.246 e. The molecule has 8 nitrogen and oxygen atoms in total. The number of carbonyl (C=O) groups is 1. The Labute approximate surface area is 150 Å². The number of anilines is 1. The van der Waals surface area contributed by atoms with Crippen LogP contribution in [0.5, 0.6) is 0 Å². The van der Waals surface area contributed by atoms with E-state index in [0.29, 0.717) is 31.5 Å². The van der Waals surface area contributed by atoms with Crippen LogP contribution in [0.3, 0.4) is 0 Å². The first kappa shape index (κ1) is 16.9. The summed E-state index contributed by atoms with van der Waals surface area (Å²) in [5.74, 6) is 0.292. The van der Waals surface area contributed by atoms with E-state index in [2.05, 4.69) is 20.4 Å². The van der Waals surface area contributed by atoms with Gasteiger partial charge in [0.05, 0.1) is 31.2 Å². The van der Waals surface area contributed by atoms with Gasteiger partial charge in [-0.2, -0.15) is 5.10 Å². The molecule has 0 bridgehead atoms. The molecule has 1 amide bonds. The minimum absolute atomic E-state index is 0.0757. The molecule has 0 aliphatic carbocycles. The number of carbonyl (C=O) groups excluding carboxylic acids is 1. The van der Waals surface area contributed by atoms with Crippen molar-refractivity contribution < 1.29 is 13.9 Å². The lowest BCUT2D eigenvalue weighted by atomic mass is 10.0. The molecule has 26 heavy (non-hydrogen) atoms. The lowest BCUT2D eigenvalue weighted by Crippen LogP contribution is -2.46. The van der Waals surface area contributed by atoms with Crippen molar-refractivity contribution in [2.45, 2.75) is 25.4 Å². The molecule has 1 saturated heterocycles. The molecule has 0 unspecified atom stereocenters. The molecule has 0 spiro atoms. The first-order valence-corrected chi connectivity index (χ1v) is 8.81. The number of halogens is 1. The fourth-order valence-corrected chi connectivity index (χ4v) is 3.42. The predicted molar refractivity (Wildman–Crippen MR) is 90.9 cm³/mol. The maximum Gasteiger partial charge on any atom is 0.246 e. The molecule has 0 aromatic carbocycles. The summed E-state index contributed by atoms with van der Waals surface area (Å²) in [4.78, 5) is 22.7. The van der Waals surface area contributed by atoms with Crippen molar-refractivity contribution in [1.29, 1.82) is 0 Å². The maximum atomic E-state index is 13.1. The minimum atomic E-state index is -0.485. The van der Waals surface area contributed by atoms with E-state index in [-0.39, 0.29) is 5.91 Å². The average Bonchev–Trinajstić information content (AvgIpc) is 3.15. The fourth-order valence-electron chi connectivity index (χ4n) is 3.42. The van der Waals surface area contributed by atoms with Gasteiger partial charge in [0.25, 0.3) is 0 Å². The van der Waals surface area contributed by atoms with Crippen LogP contribution in [0, 0.1) is 11.7 Å². The van der Waals surface area contributed by atoms with E-state index < -0.39 is 11.9 Å². The zero-order valence-electron chi connectivity index (χ0n) is 14.3. The largest absolute Gasteiger partial charge is 0.381 e. The Balaban J connectivity index is 1.47. The number of ether oxygens (including phenoxy) is 1. The highest BCUT2D eigenvalue weighted by Crippen LogP contribution is 2.24. The lowest BCUT2D eigenvalue weighted by molar-refractivity contribution is -0.125. The van der Waals surface area contributed by atoms with Crippen LogP contribution in [0.4, 0.5) is 10.3 Å². The van der Waals surface area contributed by atoms with Gasteiger partial charge in [0, 0.05) is 26.0 Å². The van der Waals surface area contributed by atoms with Gasteiger partial charge < -0.3 is 15.0 Å². The van der Waals surface area contributed by atoms with Gasteiger partial charge in [-0.25, -0.2) is 14.4 Å².